The predicted octanol–water partition coefficient (Wildman–Crippen LogP) is 5.73. The Labute approximate surface area is 185 Å². The third-order valence-electron chi connectivity index (χ3n) is 6.04. The Bertz CT molecular complexity index is 1420. The van der Waals surface area contributed by atoms with Crippen LogP contribution in [0.4, 0.5) is 11.4 Å². The molecule has 1 aliphatic rings. The van der Waals surface area contributed by atoms with Crippen molar-refractivity contribution in [2.75, 3.05) is 18.6 Å². The van der Waals surface area contributed by atoms with E-state index in [1.54, 1.807) is 7.11 Å². The molecule has 32 heavy (non-hydrogen) atoms. The smallest absolute Gasteiger partial charge is 0.137 e. The van der Waals surface area contributed by atoms with Gasteiger partial charge in [-0.2, -0.15) is 0 Å². The molecule has 3 aromatic heterocycles. The van der Waals surface area contributed by atoms with Crippen LogP contribution in [-0.4, -0.2) is 33.6 Å². The summed E-state index contributed by atoms with van der Waals surface area (Å²) >= 11 is 0. The number of fused-ring (bicyclic) bond motifs is 2. The molecule has 0 bridgehead atoms. The van der Waals surface area contributed by atoms with E-state index in [9.17, 15) is 0 Å². The Morgan fingerprint density at radius 1 is 0.969 bits per heavy atom. The van der Waals surface area contributed by atoms with Crippen molar-refractivity contribution in [2.24, 2.45) is 5.92 Å². The van der Waals surface area contributed by atoms with Crippen molar-refractivity contribution in [1.82, 2.24) is 19.9 Å². The molecule has 0 amide bonds. The highest BCUT2D eigenvalue weighted by atomic mass is 16.5. The standard InChI is InChI=1S/C26H23N5O/c1-32-22-4-2-3-20(12-22)31(16-17-5-6-17)21-7-8-23-24(13-21)30-25(15-28-23)19-11-18-9-10-27-26(18)29-14-19/h2-4,7-15,17H,5-6,16H2,1H3,(H,27,29). The van der Waals surface area contributed by atoms with Crippen molar-refractivity contribution in [1.29, 1.82) is 0 Å². The van der Waals surface area contributed by atoms with E-state index < -0.39 is 0 Å². The van der Waals surface area contributed by atoms with Crippen LogP contribution in [-0.2, 0) is 0 Å². The Balaban J connectivity index is 1.41. The quantitative estimate of drug-likeness (QED) is 0.379. The van der Waals surface area contributed by atoms with Crippen LogP contribution in [0.15, 0.2) is 73.2 Å². The molecule has 1 fully saturated rings. The van der Waals surface area contributed by atoms with Crippen molar-refractivity contribution >= 4 is 33.4 Å². The second-order valence-electron chi connectivity index (χ2n) is 8.32. The summed E-state index contributed by atoms with van der Waals surface area (Å²) in [5.74, 6) is 1.59. The molecule has 1 saturated carbocycles. The summed E-state index contributed by atoms with van der Waals surface area (Å²) in [6.45, 7) is 0.986. The highest BCUT2D eigenvalue weighted by Crippen LogP contribution is 2.37. The zero-order valence-corrected chi connectivity index (χ0v) is 17.8. The van der Waals surface area contributed by atoms with Gasteiger partial charge < -0.3 is 14.6 Å². The van der Waals surface area contributed by atoms with Crippen LogP contribution < -0.4 is 9.64 Å². The zero-order valence-electron chi connectivity index (χ0n) is 17.8. The minimum Gasteiger partial charge on any atom is -0.497 e. The van der Waals surface area contributed by atoms with E-state index in [1.807, 2.05) is 36.8 Å². The van der Waals surface area contributed by atoms with Gasteiger partial charge in [0.25, 0.3) is 0 Å². The van der Waals surface area contributed by atoms with Gasteiger partial charge in [0.2, 0.25) is 0 Å². The molecule has 0 spiro atoms. The number of hydrogen-bond acceptors (Lipinski definition) is 5. The average molecular weight is 422 g/mol. The van der Waals surface area contributed by atoms with Crippen molar-refractivity contribution in [3.05, 3.63) is 73.2 Å². The van der Waals surface area contributed by atoms with E-state index >= 15 is 0 Å². The number of pyridine rings is 1. The number of hydrogen-bond donors (Lipinski definition) is 1. The molecule has 6 rings (SSSR count). The molecule has 0 saturated heterocycles. The molecule has 1 N–H and O–H groups in total. The predicted molar refractivity (Wildman–Crippen MR) is 127 cm³/mol. The number of methoxy groups -OCH3 is 1. The fourth-order valence-corrected chi connectivity index (χ4v) is 4.08. The summed E-state index contributed by atoms with van der Waals surface area (Å²) in [7, 11) is 1.71. The lowest BCUT2D eigenvalue weighted by Gasteiger charge is -2.25. The average Bonchev–Trinajstić information content (AvgIpc) is 3.55. The third-order valence-corrected chi connectivity index (χ3v) is 6.04. The van der Waals surface area contributed by atoms with Gasteiger partial charge in [-0.1, -0.05) is 6.07 Å². The fraction of sp³-hybridized carbons (Fsp3) is 0.192. The van der Waals surface area contributed by atoms with Crippen molar-refractivity contribution in [3.63, 3.8) is 0 Å². The molecule has 0 radical (unpaired) electrons. The lowest BCUT2D eigenvalue weighted by molar-refractivity contribution is 0.415. The molecule has 5 aromatic rings. The van der Waals surface area contributed by atoms with Crippen LogP contribution in [0, 0.1) is 5.92 Å². The van der Waals surface area contributed by atoms with E-state index in [4.69, 9.17) is 9.72 Å². The van der Waals surface area contributed by atoms with Gasteiger partial charge in [0, 0.05) is 47.3 Å². The molecule has 0 atom stereocenters. The van der Waals surface area contributed by atoms with Gasteiger partial charge in [-0.25, -0.2) is 9.97 Å². The van der Waals surface area contributed by atoms with E-state index in [2.05, 4.69) is 56.3 Å². The monoisotopic (exact) mass is 421 g/mol. The number of H-pyrrole nitrogens is 1. The zero-order chi connectivity index (χ0) is 21.5. The summed E-state index contributed by atoms with van der Waals surface area (Å²) in [5.41, 5.74) is 6.65. The second kappa shape index (κ2) is 7.64. The summed E-state index contributed by atoms with van der Waals surface area (Å²) < 4.78 is 5.46. The largest absolute Gasteiger partial charge is 0.497 e. The van der Waals surface area contributed by atoms with Crippen molar-refractivity contribution in [3.8, 4) is 17.0 Å². The number of anilines is 2. The number of nitrogens with one attached hydrogen (secondary N) is 1. The summed E-state index contributed by atoms with van der Waals surface area (Å²) in [5, 5.41) is 1.06. The number of benzene rings is 2. The van der Waals surface area contributed by atoms with E-state index in [0.717, 1.165) is 62.9 Å². The summed E-state index contributed by atoms with van der Waals surface area (Å²) in [4.78, 5) is 19.6. The Kier molecular flexibility index (Phi) is 4.49. The normalized spacial score (nSPS) is 13.5. The first-order valence-electron chi connectivity index (χ1n) is 10.9. The summed E-state index contributed by atoms with van der Waals surface area (Å²) in [6.07, 6.45) is 8.13. The van der Waals surface area contributed by atoms with Crippen LogP contribution in [0.3, 0.4) is 0 Å². The number of aromatic amines is 1. The molecule has 6 nitrogen and oxygen atoms in total. The molecule has 2 aromatic carbocycles. The minimum absolute atomic E-state index is 0.730. The Morgan fingerprint density at radius 3 is 2.75 bits per heavy atom. The first-order chi connectivity index (χ1) is 15.8. The van der Waals surface area contributed by atoms with Gasteiger partial charge in [-0.15, -0.1) is 0 Å². The van der Waals surface area contributed by atoms with Gasteiger partial charge >= 0.3 is 0 Å². The maximum atomic E-state index is 5.46. The number of nitrogens with zero attached hydrogens (tertiary/aromatic N) is 4. The third kappa shape index (κ3) is 3.54. The van der Waals surface area contributed by atoms with E-state index in [1.165, 1.54) is 12.8 Å². The molecular formula is C26H23N5O. The van der Waals surface area contributed by atoms with Crippen LogP contribution in [0.2, 0.25) is 0 Å². The van der Waals surface area contributed by atoms with Crippen molar-refractivity contribution in [2.45, 2.75) is 12.8 Å². The van der Waals surface area contributed by atoms with Crippen LogP contribution >= 0.6 is 0 Å². The SMILES string of the molecule is COc1cccc(N(CC2CC2)c2ccc3ncc(-c4cnc5[nH]ccc5c4)nc3c2)c1. The number of rotatable bonds is 6. The summed E-state index contributed by atoms with van der Waals surface area (Å²) in [6, 6.07) is 18.7. The van der Waals surface area contributed by atoms with Gasteiger partial charge in [-0.05, 0) is 61.2 Å². The van der Waals surface area contributed by atoms with Gasteiger partial charge in [0.1, 0.15) is 11.4 Å². The molecule has 3 heterocycles. The van der Waals surface area contributed by atoms with Crippen LogP contribution in [0.1, 0.15) is 12.8 Å². The maximum absolute atomic E-state index is 5.46. The topological polar surface area (TPSA) is 66.9 Å². The molecule has 0 aliphatic heterocycles. The molecular weight excluding hydrogens is 398 g/mol. The lowest BCUT2D eigenvalue weighted by Crippen LogP contribution is -2.20. The highest BCUT2D eigenvalue weighted by Gasteiger charge is 2.25. The van der Waals surface area contributed by atoms with Gasteiger partial charge in [0.15, 0.2) is 0 Å². The molecule has 6 heteroatoms. The molecule has 158 valence electrons. The van der Waals surface area contributed by atoms with Crippen LogP contribution in [0.5, 0.6) is 5.75 Å². The first kappa shape index (κ1) is 18.8. The molecule has 1 aliphatic carbocycles. The van der Waals surface area contributed by atoms with Gasteiger partial charge in [-0.3, -0.25) is 4.98 Å². The number of ether oxygens (including phenoxy) is 1. The minimum atomic E-state index is 0.730. The maximum Gasteiger partial charge on any atom is 0.137 e. The van der Waals surface area contributed by atoms with Crippen molar-refractivity contribution < 1.29 is 4.74 Å². The highest BCUT2D eigenvalue weighted by molar-refractivity contribution is 5.84. The fourth-order valence-electron chi connectivity index (χ4n) is 4.08. The Morgan fingerprint density at radius 2 is 1.88 bits per heavy atom. The van der Waals surface area contributed by atoms with E-state index in [-0.39, 0.29) is 0 Å². The lowest BCUT2D eigenvalue weighted by atomic mass is 10.1. The van der Waals surface area contributed by atoms with Crippen LogP contribution in [0.25, 0.3) is 33.3 Å². The van der Waals surface area contributed by atoms with E-state index in [0.29, 0.717) is 0 Å². The molecule has 0 unspecified atom stereocenters. The number of aromatic nitrogens is 4. The second-order valence-corrected chi connectivity index (χ2v) is 8.32. The first-order valence-corrected chi connectivity index (χ1v) is 10.9. The Hall–Kier alpha value is -3.93. The van der Waals surface area contributed by atoms with Gasteiger partial charge in [0.05, 0.1) is 30.0 Å².